The molecule has 1 saturated heterocycles. The standard InChI is InChI=1S/C14H32O4Si2/c1-5-16-20(17-6-2,18-7-3)13-12-19-14(4)10-8-9-11-15-14/h5-13,19H2,1-4H3. The van der Waals surface area contributed by atoms with Gasteiger partial charge in [-0.25, -0.2) is 0 Å². The van der Waals surface area contributed by atoms with E-state index in [2.05, 4.69) is 6.92 Å². The van der Waals surface area contributed by atoms with Crippen LogP contribution >= 0.6 is 0 Å². The molecule has 1 heterocycles. The van der Waals surface area contributed by atoms with Crippen LogP contribution in [0.15, 0.2) is 0 Å². The summed E-state index contributed by atoms with van der Waals surface area (Å²) >= 11 is 0. The first-order chi connectivity index (χ1) is 9.60. The molecule has 1 rings (SSSR count). The largest absolute Gasteiger partial charge is 0.500 e. The molecule has 0 aromatic heterocycles. The molecule has 0 aliphatic carbocycles. The smallest absolute Gasteiger partial charge is 0.379 e. The highest BCUT2D eigenvalue weighted by atomic mass is 28.4. The van der Waals surface area contributed by atoms with Crippen LogP contribution in [0.3, 0.4) is 0 Å². The molecule has 0 aromatic carbocycles. The van der Waals surface area contributed by atoms with E-state index in [1.807, 2.05) is 20.8 Å². The van der Waals surface area contributed by atoms with Gasteiger partial charge in [0, 0.05) is 37.7 Å². The van der Waals surface area contributed by atoms with Crippen LogP contribution in [0, 0.1) is 0 Å². The number of rotatable bonds is 10. The van der Waals surface area contributed by atoms with Crippen LogP contribution < -0.4 is 0 Å². The topological polar surface area (TPSA) is 36.9 Å². The van der Waals surface area contributed by atoms with Gasteiger partial charge in [0.15, 0.2) is 0 Å². The van der Waals surface area contributed by atoms with E-state index in [-0.39, 0.29) is 14.7 Å². The van der Waals surface area contributed by atoms with Gasteiger partial charge in [0.25, 0.3) is 0 Å². The van der Waals surface area contributed by atoms with Gasteiger partial charge < -0.3 is 18.0 Å². The van der Waals surface area contributed by atoms with Gasteiger partial charge in [-0.3, -0.25) is 0 Å². The van der Waals surface area contributed by atoms with Crippen LogP contribution in [0.25, 0.3) is 0 Å². The van der Waals surface area contributed by atoms with Crippen molar-refractivity contribution in [3.63, 3.8) is 0 Å². The number of ether oxygens (including phenoxy) is 1. The minimum Gasteiger partial charge on any atom is -0.379 e. The Labute approximate surface area is 127 Å². The Morgan fingerprint density at radius 1 is 1.05 bits per heavy atom. The van der Waals surface area contributed by atoms with Gasteiger partial charge in [0.2, 0.25) is 0 Å². The number of hydrogen-bond acceptors (Lipinski definition) is 4. The summed E-state index contributed by atoms with van der Waals surface area (Å²) < 4.78 is 23.7. The lowest BCUT2D eigenvalue weighted by molar-refractivity contribution is -0.00734. The Bertz CT molecular complexity index is 241. The third-order valence-electron chi connectivity index (χ3n) is 3.83. The fourth-order valence-corrected chi connectivity index (χ4v) is 8.85. The molecule has 1 unspecified atom stereocenters. The zero-order valence-electron chi connectivity index (χ0n) is 13.7. The Hall–Kier alpha value is 0.274. The molecule has 0 bridgehead atoms. The highest BCUT2D eigenvalue weighted by Gasteiger charge is 2.40. The van der Waals surface area contributed by atoms with E-state index in [9.17, 15) is 0 Å². The summed E-state index contributed by atoms with van der Waals surface area (Å²) in [7, 11) is -2.72. The molecule has 0 radical (unpaired) electrons. The lowest BCUT2D eigenvalue weighted by Crippen LogP contribution is -2.47. The normalized spacial score (nSPS) is 24.6. The Kier molecular flexibility index (Phi) is 8.54. The zero-order chi connectivity index (χ0) is 14.9. The lowest BCUT2D eigenvalue weighted by Gasteiger charge is -2.35. The molecule has 6 heteroatoms. The molecule has 1 fully saturated rings. The van der Waals surface area contributed by atoms with Crippen molar-refractivity contribution in [2.45, 2.75) is 64.3 Å². The Morgan fingerprint density at radius 2 is 1.65 bits per heavy atom. The second-order valence-corrected chi connectivity index (χ2v) is 11.0. The molecule has 20 heavy (non-hydrogen) atoms. The van der Waals surface area contributed by atoms with Gasteiger partial charge in [-0.1, -0.05) is 6.04 Å². The minimum absolute atomic E-state index is 0.184. The van der Waals surface area contributed by atoms with Crippen molar-refractivity contribution in [3.8, 4) is 0 Å². The van der Waals surface area contributed by atoms with Crippen molar-refractivity contribution in [2.24, 2.45) is 0 Å². The van der Waals surface area contributed by atoms with Gasteiger partial charge in [-0.05, 0) is 47.0 Å². The van der Waals surface area contributed by atoms with Gasteiger partial charge in [0.1, 0.15) is 0 Å². The first kappa shape index (κ1) is 18.3. The third kappa shape index (κ3) is 5.95. The van der Waals surface area contributed by atoms with E-state index in [1.165, 1.54) is 25.3 Å². The fraction of sp³-hybridized carbons (Fsp3) is 1.00. The third-order valence-corrected chi connectivity index (χ3v) is 10.0. The second kappa shape index (κ2) is 9.32. The number of hydrogen-bond donors (Lipinski definition) is 0. The quantitative estimate of drug-likeness (QED) is 0.580. The van der Waals surface area contributed by atoms with Crippen LogP contribution in [-0.4, -0.2) is 50.0 Å². The molecule has 0 amide bonds. The fourth-order valence-electron chi connectivity index (χ4n) is 2.87. The van der Waals surface area contributed by atoms with Gasteiger partial charge in [-0.15, -0.1) is 0 Å². The minimum atomic E-state index is -2.43. The zero-order valence-corrected chi connectivity index (χ0v) is 16.1. The molecule has 0 N–H and O–H groups in total. The van der Waals surface area contributed by atoms with E-state index in [0.29, 0.717) is 19.8 Å². The van der Waals surface area contributed by atoms with Gasteiger partial charge >= 0.3 is 8.80 Å². The van der Waals surface area contributed by atoms with Crippen LogP contribution in [0.1, 0.15) is 47.0 Å². The Morgan fingerprint density at radius 3 is 2.10 bits per heavy atom. The SMILES string of the molecule is CCO[Si](CC[SiH2]C1(C)CCCCO1)(OCC)OCC. The summed E-state index contributed by atoms with van der Waals surface area (Å²) in [6, 6.07) is 2.14. The van der Waals surface area contributed by atoms with Crippen LogP contribution in [0.2, 0.25) is 12.1 Å². The highest BCUT2D eigenvalue weighted by molar-refractivity contribution is 6.62. The van der Waals surface area contributed by atoms with Crippen molar-refractivity contribution in [1.29, 1.82) is 0 Å². The first-order valence-corrected chi connectivity index (χ1v) is 11.8. The van der Waals surface area contributed by atoms with E-state index in [1.54, 1.807) is 0 Å². The van der Waals surface area contributed by atoms with Gasteiger partial charge in [-0.2, -0.15) is 0 Å². The summed E-state index contributed by atoms with van der Waals surface area (Å²) in [6.07, 6.45) is 3.76. The molecule has 1 aliphatic rings. The molecule has 0 spiro atoms. The molecular weight excluding hydrogens is 288 g/mol. The average molecular weight is 321 g/mol. The van der Waals surface area contributed by atoms with Crippen LogP contribution in [0.5, 0.6) is 0 Å². The molecule has 0 aromatic rings. The predicted molar refractivity (Wildman–Crippen MR) is 87.0 cm³/mol. The van der Waals surface area contributed by atoms with Crippen molar-refractivity contribution >= 4 is 18.3 Å². The summed E-state index contributed by atoms with van der Waals surface area (Å²) in [5.74, 6) is 0. The van der Waals surface area contributed by atoms with Gasteiger partial charge in [0.05, 0.1) is 9.52 Å². The maximum atomic E-state index is 6.01. The van der Waals surface area contributed by atoms with Crippen LogP contribution in [0.4, 0.5) is 0 Å². The summed E-state index contributed by atoms with van der Waals surface area (Å²) in [6.45, 7) is 11.3. The summed E-state index contributed by atoms with van der Waals surface area (Å²) in [5, 5.41) is 0.184. The lowest BCUT2D eigenvalue weighted by atomic mass is 10.1. The second-order valence-electron chi connectivity index (χ2n) is 5.59. The van der Waals surface area contributed by atoms with E-state index in [4.69, 9.17) is 18.0 Å². The van der Waals surface area contributed by atoms with Crippen molar-refractivity contribution in [3.05, 3.63) is 0 Å². The van der Waals surface area contributed by atoms with Crippen molar-refractivity contribution in [1.82, 2.24) is 0 Å². The molecule has 1 atom stereocenters. The maximum Gasteiger partial charge on any atom is 0.500 e. The monoisotopic (exact) mass is 320 g/mol. The highest BCUT2D eigenvalue weighted by Crippen LogP contribution is 2.26. The molecule has 120 valence electrons. The van der Waals surface area contributed by atoms with E-state index >= 15 is 0 Å². The molecular formula is C14H32O4Si2. The average Bonchev–Trinajstić information content (AvgIpc) is 2.40. The molecule has 4 nitrogen and oxygen atoms in total. The van der Waals surface area contributed by atoms with Crippen LogP contribution in [-0.2, 0) is 18.0 Å². The first-order valence-electron chi connectivity index (χ1n) is 8.15. The Balaban J connectivity index is 2.47. The van der Waals surface area contributed by atoms with Crippen molar-refractivity contribution in [2.75, 3.05) is 26.4 Å². The van der Waals surface area contributed by atoms with E-state index < -0.39 is 8.80 Å². The summed E-state index contributed by atoms with van der Waals surface area (Å²) in [5.41, 5.74) is 0. The van der Waals surface area contributed by atoms with Crippen molar-refractivity contribution < 1.29 is 18.0 Å². The molecule has 1 aliphatic heterocycles. The van der Waals surface area contributed by atoms with E-state index in [0.717, 1.165) is 12.7 Å². The predicted octanol–water partition coefficient (Wildman–Crippen LogP) is 2.54. The maximum absolute atomic E-state index is 6.01. The summed E-state index contributed by atoms with van der Waals surface area (Å²) in [4.78, 5) is 0. The molecule has 0 saturated carbocycles.